The second-order valence-corrected chi connectivity index (χ2v) is 6.83. The van der Waals surface area contributed by atoms with Crippen molar-refractivity contribution in [2.24, 2.45) is 5.92 Å². The largest absolute Gasteiger partial charge is 0.493 e. The highest BCUT2D eigenvalue weighted by molar-refractivity contribution is 6.32. The van der Waals surface area contributed by atoms with Crippen molar-refractivity contribution in [3.63, 3.8) is 0 Å². The summed E-state index contributed by atoms with van der Waals surface area (Å²) in [4.78, 5) is 14.8. The van der Waals surface area contributed by atoms with Gasteiger partial charge in [0.1, 0.15) is 0 Å². The first-order valence-electron chi connectivity index (χ1n) is 8.29. The van der Waals surface area contributed by atoms with Crippen molar-refractivity contribution in [2.45, 2.75) is 46.1 Å². The first kappa shape index (κ1) is 17.9. The van der Waals surface area contributed by atoms with Crippen LogP contribution in [0.5, 0.6) is 11.5 Å². The summed E-state index contributed by atoms with van der Waals surface area (Å²) in [6, 6.07) is 3.79. The molecule has 0 radical (unpaired) electrons. The number of carbonyl (C=O) groups excluding carboxylic acids is 1. The monoisotopic (exact) mass is 339 g/mol. The van der Waals surface area contributed by atoms with E-state index in [1.54, 1.807) is 19.2 Å². The van der Waals surface area contributed by atoms with E-state index >= 15 is 0 Å². The summed E-state index contributed by atoms with van der Waals surface area (Å²) >= 11 is 6.32. The van der Waals surface area contributed by atoms with Gasteiger partial charge in [0.15, 0.2) is 11.5 Å². The summed E-state index contributed by atoms with van der Waals surface area (Å²) in [5.74, 6) is 1.47. The Morgan fingerprint density at radius 3 is 2.61 bits per heavy atom. The fourth-order valence-corrected chi connectivity index (χ4v) is 2.80. The molecule has 0 spiro atoms. The number of methoxy groups -OCH3 is 1. The molecule has 0 atom stereocenters. The van der Waals surface area contributed by atoms with Gasteiger partial charge in [-0.25, -0.2) is 0 Å². The molecule has 1 aromatic rings. The van der Waals surface area contributed by atoms with Gasteiger partial charge in [-0.1, -0.05) is 32.4 Å². The topological polar surface area (TPSA) is 38.8 Å². The van der Waals surface area contributed by atoms with Crippen LogP contribution in [0.4, 0.5) is 0 Å². The number of halogens is 1. The lowest BCUT2D eigenvalue weighted by atomic mass is 10.1. The van der Waals surface area contributed by atoms with Crippen LogP contribution in [-0.2, 0) is 0 Å². The van der Waals surface area contributed by atoms with Crippen LogP contribution in [0.15, 0.2) is 12.1 Å². The van der Waals surface area contributed by atoms with Crippen LogP contribution in [0.1, 0.15) is 50.4 Å². The molecule has 2 rings (SSSR count). The third-order valence-electron chi connectivity index (χ3n) is 3.74. The average Bonchev–Trinajstić information content (AvgIpc) is 3.34. The quantitative estimate of drug-likeness (QED) is 0.704. The van der Waals surface area contributed by atoms with Gasteiger partial charge in [0.25, 0.3) is 5.91 Å². The maximum atomic E-state index is 12.9. The van der Waals surface area contributed by atoms with E-state index in [1.165, 1.54) is 0 Å². The number of hydrogen-bond donors (Lipinski definition) is 0. The third kappa shape index (κ3) is 4.54. The second kappa shape index (κ2) is 7.91. The molecule has 5 heteroatoms. The molecule has 23 heavy (non-hydrogen) atoms. The SMILES string of the molecule is CCCOc1c(Cl)cc(C(=O)N(CC(C)C)C2CC2)cc1OC. The molecule has 0 unspecified atom stereocenters. The fourth-order valence-electron chi connectivity index (χ4n) is 2.53. The van der Waals surface area contributed by atoms with E-state index in [4.69, 9.17) is 21.1 Å². The Morgan fingerprint density at radius 1 is 1.39 bits per heavy atom. The molecule has 0 N–H and O–H groups in total. The lowest BCUT2D eigenvalue weighted by Crippen LogP contribution is -2.36. The maximum Gasteiger partial charge on any atom is 0.254 e. The van der Waals surface area contributed by atoms with Crippen molar-refractivity contribution in [3.05, 3.63) is 22.7 Å². The van der Waals surface area contributed by atoms with Crippen molar-refractivity contribution in [3.8, 4) is 11.5 Å². The first-order valence-corrected chi connectivity index (χ1v) is 8.67. The molecule has 1 amide bonds. The van der Waals surface area contributed by atoms with Gasteiger partial charge >= 0.3 is 0 Å². The lowest BCUT2D eigenvalue weighted by molar-refractivity contribution is 0.0722. The van der Waals surface area contributed by atoms with E-state index in [-0.39, 0.29) is 5.91 Å². The summed E-state index contributed by atoms with van der Waals surface area (Å²) in [5.41, 5.74) is 0.559. The molecular formula is C18H26ClNO3. The summed E-state index contributed by atoms with van der Waals surface area (Å²) in [6.07, 6.45) is 3.05. The van der Waals surface area contributed by atoms with Gasteiger partial charge in [-0.05, 0) is 37.3 Å². The van der Waals surface area contributed by atoms with Crippen LogP contribution in [0.25, 0.3) is 0 Å². The zero-order valence-electron chi connectivity index (χ0n) is 14.4. The Balaban J connectivity index is 2.27. The molecule has 1 saturated carbocycles. The van der Waals surface area contributed by atoms with E-state index in [1.807, 2.05) is 11.8 Å². The van der Waals surface area contributed by atoms with E-state index < -0.39 is 0 Å². The molecule has 128 valence electrons. The Labute approximate surface area is 143 Å². The molecule has 0 saturated heterocycles. The Morgan fingerprint density at radius 2 is 2.09 bits per heavy atom. The number of benzene rings is 1. The minimum atomic E-state index is 0.0171. The number of ether oxygens (including phenoxy) is 2. The van der Waals surface area contributed by atoms with Crippen LogP contribution in [0.3, 0.4) is 0 Å². The molecule has 1 aromatic carbocycles. The number of carbonyl (C=O) groups is 1. The van der Waals surface area contributed by atoms with Crippen LogP contribution in [-0.4, -0.2) is 37.1 Å². The molecule has 0 aliphatic heterocycles. The number of hydrogen-bond acceptors (Lipinski definition) is 3. The van der Waals surface area contributed by atoms with Crippen molar-refractivity contribution in [1.29, 1.82) is 0 Å². The zero-order chi connectivity index (χ0) is 17.0. The molecular weight excluding hydrogens is 314 g/mol. The van der Waals surface area contributed by atoms with E-state index in [0.29, 0.717) is 40.7 Å². The summed E-state index contributed by atoms with van der Waals surface area (Å²) in [6.45, 7) is 7.59. The number of rotatable bonds is 8. The molecule has 1 aliphatic rings. The fraction of sp³-hybridized carbons (Fsp3) is 0.611. The third-order valence-corrected chi connectivity index (χ3v) is 4.02. The minimum Gasteiger partial charge on any atom is -0.493 e. The molecule has 1 aliphatic carbocycles. The predicted molar refractivity (Wildman–Crippen MR) is 92.7 cm³/mol. The van der Waals surface area contributed by atoms with Gasteiger partial charge in [-0.3, -0.25) is 4.79 Å². The number of amides is 1. The van der Waals surface area contributed by atoms with Crippen molar-refractivity contribution < 1.29 is 14.3 Å². The molecule has 0 aromatic heterocycles. The zero-order valence-corrected chi connectivity index (χ0v) is 15.2. The highest BCUT2D eigenvalue weighted by Crippen LogP contribution is 2.38. The van der Waals surface area contributed by atoms with Gasteiger partial charge < -0.3 is 14.4 Å². The van der Waals surface area contributed by atoms with E-state index in [0.717, 1.165) is 25.8 Å². The summed E-state index contributed by atoms with van der Waals surface area (Å²) in [7, 11) is 1.56. The van der Waals surface area contributed by atoms with E-state index in [9.17, 15) is 4.79 Å². The number of nitrogens with zero attached hydrogens (tertiary/aromatic N) is 1. The summed E-state index contributed by atoms with van der Waals surface area (Å²) in [5, 5.41) is 0.418. The molecule has 0 heterocycles. The normalized spacial score (nSPS) is 14.0. The minimum absolute atomic E-state index is 0.0171. The standard InChI is InChI=1S/C18H26ClNO3/c1-5-8-23-17-15(19)9-13(10-16(17)22-4)18(21)20(11-12(2)3)14-6-7-14/h9-10,12,14H,5-8,11H2,1-4H3. The van der Waals surface area contributed by atoms with Crippen LogP contribution in [0.2, 0.25) is 5.02 Å². The smallest absolute Gasteiger partial charge is 0.254 e. The Bertz CT molecular complexity index is 555. The van der Waals surface area contributed by atoms with Crippen LogP contribution >= 0.6 is 11.6 Å². The lowest BCUT2D eigenvalue weighted by Gasteiger charge is -2.25. The Hall–Kier alpha value is -1.42. The van der Waals surface area contributed by atoms with Gasteiger partial charge in [0, 0.05) is 18.2 Å². The van der Waals surface area contributed by atoms with Gasteiger partial charge in [0.05, 0.1) is 18.7 Å². The van der Waals surface area contributed by atoms with Crippen molar-refractivity contribution in [2.75, 3.05) is 20.3 Å². The van der Waals surface area contributed by atoms with Crippen LogP contribution < -0.4 is 9.47 Å². The molecule has 1 fully saturated rings. The van der Waals surface area contributed by atoms with Gasteiger partial charge in [-0.2, -0.15) is 0 Å². The highest BCUT2D eigenvalue weighted by atomic mass is 35.5. The van der Waals surface area contributed by atoms with Crippen LogP contribution in [0, 0.1) is 5.92 Å². The first-order chi connectivity index (χ1) is 11.0. The summed E-state index contributed by atoms with van der Waals surface area (Å²) < 4.78 is 11.0. The van der Waals surface area contributed by atoms with E-state index in [2.05, 4.69) is 13.8 Å². The Kier molecular flexibility index (Phi) is 6.17. The second-order valence-electron chi connectivity index (χ2n) is 6.42. The van der Waals surface area contributed by atoms with Crippen molar-refractivity contribution >= 4 is 17.5 Å². The van der Waals surface area contributed by atoms with Crippen molar-refractivity contribution in [1.82, 2.24) is 4.90 Å². The molecule has 4 nitrogen and oxygen atoms in total. The predicted octanol–water partition coefficient (Wildman–Crippen LogP) is 4.40. The molecule has 0 bridgehead atoms. The maximum absolute atomic E-state index is 12.9. The van der Waals surface area contributed by atoms with Gasteiger partial charge in [0.2, 0.25) is 0 Å². The van der Waals surface area contributed by atoms with Gasteiger partial charge in [-0.15, -0.1) is 0 Å². The highest BCUT2D eigenvalue weighted by Gasteiger charge is 2.33. The average molecular weight is 340 g/mol.